The zero-order chi connectivity index (χ0) is 18.0. The Morgan fingerprint density at radius 1 is 1.09 bits per heavy atom. The number of unbranched alkanes of at least 4 members (excludes halogenated alkanes) is 1. The molecule has 0 aromatic heterocycles. The van der Waals surface area contributed by atoms with Crippen LogP contribution in [0.25, 0.3) is 0 Å². The third-order valence-corrected chi connectivity index (χ3v) is 3.06. The van der Waals surface area contributed by atoms with Gasteiger partial charge < -0.3 is 14.8 Å². The number of carbonyl (C=O) groups is 3. The number of alkyl halides is 1. The van der Waals surface area contributed by atoms with E-state index in [1.54, 1.807) is 20.8 Å². The standard InChI is InChI=1S/C16H28ClNO5/c1-11(2)14(18-15(21)23-16(3,4)5)12(19)8-6-7-9-13(20)22-10-17/h11,14H,6-10H2,1-5H3,(H,18,21)/t14-/m0/s1. The predicted octanol–water partition coefficient (Wildman–Crippen LogP) is 3.40. The maximum absolute atomic E-state index is 12.2. The summed E-state index contributed by atoms with van der Waals surface area (Å²) in [5.74, 6) is -0.493. The van der Waals surface area contributed by atoms with Crippen LogP contribution in [0.15, 0.2) is 0 Å². The van der Waals surface area contributed by atoms with Crippen LogP contribution in [-0.2, 0) is 19.1 Å². The smallest absolute Gasteiger partial charge is 0.408 e. The van der Waals surface area contributed by atoms with Crippen LogP contribution in [0.4, 0.5) is 4.79 Å². The van der Waals surface area contributed by atoms with Gasteiger partial charge in [0.05, 0.1) is 6.04 Å². The Labute approximate surface area is 143 Å². The summed E-state index contributed by atoms with van der Waals surface area (Å²) in [5, 5.41) is 2.62. The number of carbonyl (C=O) groups excluding carboxylic acids is 3. The van der Waals surface area contributed by atoms with Gasteiger partial charge in [-0.2, -0.15) is 0 Å². The molecule has 0 saturated carbocycles. The molecule has 1 N–H and O–H groups in total. The van der Waals surface area contributed by atoms with E-state index in [4.69, 9.17) is 16.3 Å². The fraction of sp³-hybridized carbons (Fsp3) is 0.812. The second kappa shape index (κ2) is 10.5. The third-order valence-electron chi connectivity index (χ3n) is 2.96. The number of ether oxygens (including phenoxy) is 2. The van der Waals surface area contributed by atoms with Crippen LogP contribution in [0.5, 0.6) is 0 Å². The number of rotatable bonds is 9. The molecule has 0 aromatic carbocycles. The first-order valence-electron chi connectivity index (χ1n) is 7.80. The Morgan fingerprint density at radius 3 is 2.13 bits per heavy atom. The number of esters is 1. The van der Waals surface area contributed by atoms with Gasteiger partial charge in [-0.3, -0.25) is 9.59 Å². The molecular weight excluding hydrogens is 322 g/mol. The normalized spacial score (nSPS) is 12.7. The van der Waals surface area contributed by atoms with Gasteiger partial charge in [0.2, 0.25) is 0 Å². The highest BCUT2D eigenvalue weighted by molar-refractivity contribution is 6.17. The Kier molecular flexibility index (Phi) is 9.88. The number of amides is 1. The van der Waals surface area contributed by atoms with Crippen LogP contribution in [0.1, 0.15) is 60.3 Å². The van der Waals surface area contributed by atoms with Crippen LogP contribution in [0, 0.1) is 5.92 Å². The van der Waals surface area contributed by atoms with E-state index < -0.39 is 17.7 Å². The molecule has 6 nitrogen and oxygen atoms in total. The van der Waals surface area contributed by atoms with Crippen LogP contribution >= 0.6 is 11.6 Å². The van der Waals surface area contributed by atoms with Gasteiger partial charge in [-0.05, 0) is 39.5 Å². The fourth-order valence-corrected chi connectivity index (χ4v) is 2.03. The number of ketones is 1. The molecule has 0 spiro atoms. The Balaban J connectivity index is 4.31. The maximum Gasteiger partial charge on any atom is 0.408 e. The average Bonchev–Trinajstić information content (AvgIpc) is 2.38. The minimum Gasteiger partial charge on any atom is -0.449 e. The van der Waals surface area contributed by atoms with E-state index in [1.807, 2.05) is 13.8 Å². The number of nitrogens with one attached hydrogen (secondary N) is 1. The van der Waals surface area contributed by atoms with Crippen molar-refractivity contribution in [2.75, 3.05) is 6.07 Å². The van der Waals surface area contributed by atoms with E-state index in [-0.39, 0.29) is 36.6 Å². The lowest BCUT2D eigenvalue weighted by Gasteiger charge is -2.25. The number of halogens is 1. The molecule has 0 aliphatic rings. The summed E-state index contributed by atoms with van der Waals surface area (Å²) in [5.41, 5.74) is -0.614. The van der Waals surface area contributed by atoms with Gasteiger partial charge in [0.15, 0.2) is 11.8 Å². The highest BCUT2D eigenvalue weighted by atomic mass is 35.5. The van der Waals surface area contributed by atoms with Crippen molar-refractivity contribution in [3.63, 3.8) is 0 Å². The summed E-state index contributed by atoms with van der Waals surface area (Å²) < 4.78 is 9.78. The van der Waals surface area contributed by atoms with Gasteiger partial charge >= 0.3 is 12.1 Å². The summed E-state index contributed by atoms with van der Waals surface area (Å²) in [4.78, 5) is 35.2. The molecule has 0 fully saturated rings. The highest BCUT2D eigenvalue weighted by Gasteiger charge is 2.26. The van der Waals surface area contributed by atoms with Gasteiger partial charge in [-0.1, -0.05) is 25.4 Å². The number of hydrogen-bond donors (Lipinski definition) is 1. The monoisotopic (exact) mass is 349 g/mol. The molecule has 0 unspecified atom stereocenters. The Bertz CT molecular complexity index is 404. The molecule has 134 valence electrons. The molecule has 0 aliphatic carbocycles. The van der Waals surface area contributed by atoms with Crippen molar-refractivity contribution >= 4 is 29.4 Å². The van der Waals surface area contributed by atoms with Crippen LogP contribution < -0.4 is 5.32 Å². The average molecular weight is 350 g/mol. The first-order chi connectivity index (χ1) is 10.6. The largest absolute Gasteiger partial charge is 0.449 e. The zero-order valence-electron chi connectivity index (χ0n) is 14.6. The summed E-state index contributed by atoms with van der Waals surface area (Å²) in [6, 6.07) is -0.757. The van der Waals surface area contributed by atoms with Gasteiger partial charge in [-0.15, -0.1) is 0 Å². The molecular formula is C16H28ClNO5. The van der Waals surface area contributed by atoms with Gasteiger partial charge in [0.1, 0.15) is 5.60 Å². The molecule has 23 heavy (non-hydrogen) atoms. The summed E-state index contributed by atoms with van der Waals surface area (Å²) >= 11 is 5.28. The topological polar surface area (TPSA) is 81.7 Å². The van der Waals surface area contributed by atoms with E-state index in [2.05, 4.69) is 10.1 Å². The van der Waals surface area contributed by atoms with Crippen molar-refractivity contribution in [1.82, 2.24) is 5.32 Å². The molecule has 0 aromatic rings. The number of Topliss-reactive ketones (excluding diaryl/α,β-unsaturated/α-hetero) is 1. The fourth-order valence-electron chi connectivity index (χ4n) is 1.91. The molecule has 0 rings (SSSR count). The predicted molar refractivity (Wildman–Crippen MR) is 88.3 cm³/mol. The molecule has 7 heteroatoms. The van der Waals surface area contributed by atoms with Crippen LogP contribution in [0.3, 0.4) is 0 Å². The third kappa shape index (κ3) is 11.0. The highest BCUT2D eigenvalue weighted by Crippen LogP contribution is 2.12. The molecule has 1 amide bonds. The summed E-state index contributed by atoms with van der Waals surface area (Å²) in [6.45, 7) is 9.01. The van der Waals surface area contributed by atoms with Crippen molar-refractivity contribution in [3.8, 4) is 0 Å². The van der Waals surface area contributed by atoms with Crippen molar-refractivity contribution in [2.24, 2.45) is 5.92 Å². The summed E-state index contributed by atoms with van der Waals surface area (Å²) in [7, 11) is 0. The van der Waals surface area contributed by atoms with Crippen LogP contribution in [0.2, 0.25) is 0 Å². The minimum atomic E-state index is -0.614. The van der Waals surface area contributed by atoms with Crippen molar-refractivity contribution in [2.45, 2.75) is 71.9 Å². The van der Waals surface area contributed by atoms with E-state index in [1.165, 1.54) is 0 Å². The molecule has 0 radical (unpaired) electrons. The van der Waals surface area contributed by atoms with Crippen molar-refractivity contribution < 1.29 is 23.9 Å². The number of alkyl carbamates (subject to hydrolysis) is 1. The van der Waals surface area contributed by atoms with Gasteiger partial charge in [0.25, 0.3) is 0 Å². The zero-order valence-corrected chi connectivity index (χ0v) is 15.4. The molecule has 0 aliphatic heterocycles. The number of hydrogen-bond acceptors (Lipinski definition) is 5. The quantitative estimate of drug-likeness (QED) is 0.392. The van der Waals surface area contributed by atoms with E-state index >= 15 is 0 Å². The Hall–Kier alpha value is -1.30. The first kappa shape index (κ1) is 21.7. The van der Waals surface area contributed by atoms with Crippen molar-refractivity contribution in [1.29, 1.82) is 0 Å². The second-order valence-electron chi connectivity index (χ2n) is 6.67. The minimum absolute atomic E-state index is 0.0452. The van der Waals surface area contributed by atoms with Gasteiger partial charge in [0, 0.05) is 12.8 Å². The van der Waals surface area contributed by atoms with E-state index in [0.29, 0.717) is 12.8 Å². The lowest BCUT2D eigenvalue weighted by Crippen LogP contribution is -2.46. The van der Waals surface area contributed by atoms with E-state index in [0.717, 1.165) is 0 Å². The van der Waals surface area contributed by atoms with Gasteiger partial charge in [-0.25, -0.2) is 4.79 Å². The molecule has 0 heterocycles. The summed E-state index contributed by atoms with van der Waals surface area (Å²) in [6.07, 6.45) is 1.00. The lowest BCUT2D eigenvalue weighted by molar-refractivity contribution is -0.141. The first-order valence-corrected chi connectivity index (χ1v) is 8.34. The van der Waals surface area contributed by atoms with E-state index in [9.17, 15) is 14.4 Å². The maximum atomic E-state index is 12.2. The molecule has 0 bridgehead atoms. The lowest BCUT2D eigenvalue weighted by atomic mass is 9.96. The molecule has 0 saturated heterocycles. The molecule has 1 atom stereocenters. The van der Waals surface area contributed by atoms with Crippen molar-refractivity contribution in [3.05, 3.63) is 0 Å². The Morgan fingerprint density at radius 2 is 1.65 bits per heavy atom. The SMILES string of the molecule is CC(C)[C@H](NC(=O)OC(C)(C)C)C(=O)CCCCC(=O)OCCl. The van der Waals surface area contributed by atoms with Crippen LogP contribution in [-0.4, -0.2) is 35.6 Å². The second-order valence-corrected chi connectivity index (χ2v) is 6.89.